The molecule has 1 amide bonds. The fraction of sp³-hybridized carbons (Fsp3) is 0.700. The molecule has 3 N–H and O–H groups in total. The van der Waals surface area contributed by atoms with Crippen molar-refractivity contribution in [3.63, 3.8) is 0 Å². The van der Waals surface area contributed by atoms with E-state index < -0.39 is 17.9 Å². The van der Waals surface area contributed by atoms with Gasteiger partial charge in [-0.3, -0.25) is 4.79 Å². The summed E-state index contributed by atoms with van der Waals surface area (Å²) in [6, 6.07) is 0. The van der Waals surface area contributed by atoms with E-state index in [-0.39, 0.29) is 17.8 Å². The number of rotatable bonds is 0. The number of carbonyl (C=O) groups excluding carboxylic acids is 1. The minimum atomic E-state index is -1.46. The molecule has 0 spiro atoms. The van der Waals surface area contributed by atoms with Gasteiger partial charge in [-0.2, -0.15) is 0 Å². The smallest absolute Gasteiger partial charge is 0.253 e. The van der Waals surface area contributed by atoms with E-state index >= 15 is 0 Å². The van der Waals surface area contributed by atoms with Crippen LogP contribution >= 0.6 is 0 Å². The van der Waals surface area contributed by atoms with Crippen molar-refractivity contribution >= 4 is 5.91 Å². The lowest BCUT2D eigenvalue weighted by atomic mass is 9.79. The molecule has 3 heterocycles. The zero-order chi connectivity index (χ0) is 11.5. The molecule has 88 valence electrons. The topological polar surface area (TPSA) is 88.0 Å². The van der Waals surface area contributed by atoms with Gasteiger partial charge in [0.1, 0.15) is 0 Å². The lowest BCUT2D eigenvalue weighted by Crippen LogP contribution is -2.65. The highest BCUT2D eigenvalue weighted by molar-refractivity contribution is 5.96. The highest BCUT2D eigenvalue weighted by Gasteiger charge is 2.59. The van der Waals surface area contributed by atoms with E-state index in [0.29, 0.717) is 18.6 Å². The highest BCUT2D eigenvalue weighted by atomic mass is 16.7. The van der Waals surface area contributed by atoms with Gasteiger partial charge in [0.05, 0.1) is 24.0 Å². The van der Waals surface area contributed by atoms with Gasteiger partial charge in [-0.25, -0.2) is 0 Å². The van der Waals surface area contributed by atoms with E-state index in [1.165, 1.54) is 6.92 Å². The molecule has 0 radical (unpaired) electrons. The third-order valence-corrected chi connectivity index (χ3v) is 3.42. The second kappa shape index (κ2) is 2.97. The summed E-state index contributed by atoms with van der Waals surface area (Å²) in [6.45, 7) is 1.80. The van der Waals surface area contributed by atoms with Crippen molar-refractivity contribution in [2.45, 2.75) is 31.5 Å². The van der Waals surface area contributed by atoms with Crippen LogP contribution in [0.25, 0.3) is 0 Å². The summed E-state index contributed by atoms with van der Waals surface area (Å²) in [7, 11) is 0. The first-order valence-corrected chi connectivity index (χ1v) is 5.23. The van der Waals surface area contributed by atoms with E-state index in [9.17, 15) is 15.0 Å². The van der Waals surface area contributed by atoms with Crippen LogP contribution in [0.2, 0.25) is 0 Å². The predicted molar refractivity (Wildman–Crippen MR) is 51.1 cm³/mol. The van der Waals surface area contributed by atoms with Crippen molar-refractivity contribution in [1.82, 2.24) is 5.32 Å². The van der Waals surface area contributed by atoms with Crippen LogP contribution in [0.5, 0.6) is 0 Å². The molecule has 0 aromatic rings. The highest BCUT2D eigenvalue weighted by Crippen LogP contribution is 2.44. The number of allylic oxidation sites excluding steroid dienone is 1. The van der Waals surface area contributed by atoms with Crippen molar-refractivity contribution in [1.29, 1.82) is 0 Å². The molecule has 3 saturated heterocycles. The number of fused-ring (bicyclic) bond motifs is 6. The minimum Gasteiger partial charge on any atom is -0.512 e. The molecular formula is C10H13NO5. The van der Waals surface area contributed by atoms with Crippen molar-refractivity contribution in [3.8, 4) is 0 Å². The molecule has 3 aliphatic heterocycles. The maximum Gasteiger partial charge on any atom is 0.253 e. The molecule has 0 aromatic carbocycles. The molecule has 4 bridgehead atoms. The summed E-state index contributed by atoms with van der Waals surface area (Å²) in [5.74, 6) is -0.774. The first kappa shape index (κ1) is 10.1. The maximum atomic E-state index is 11.8. The fourth-order valence-electron chi connectivity index (χ4n) is 2.71. The Morgan fingerprint density at radius 3 is 3.06 bits per heavy atom. The molecule has 6 nitrogen and oxygen atoms in total. The van der Waals surface area contributed by atoms with E-state index in [0.717, 1.165) is 0 Å². The van der Waals surface area contributed by atoms with E-state index in [1.54, 1.807) is 0 Å². The number of hydrogen-bond donors (Lipinski definition) is 3. The molecule has 0 aromatic heterocycles. The van der Waals surface area contributed by atoms with Crippen LogP contribution in [0.15, 0.2) is 11.3 Å². The number of carbonyl (C=O) groups is 1. The molecule has 4 atom stereocenters. The number of nitrogens with one attached hydrogen (secondary N) is 1. The van der Waals surface area contributed by atoms with Crippen LogP contribution in [-0.4, -0.2) is 40.8 Å². The van der Waals surface area contributed by atoms with Crippen LogP contribution in [0.4, 0.5) is 0 Å². The van der Waals surface area contributed by atoms with Gasteiger partial charge < -0.3 is 25.0 Å². The molecule has 0 unspecified atom stereocenters. The summed E-state index contributed by atoms with van der Waals surface area (Å²) in [5, 5.41) is 22.1. The van der Waals surface area contributed by atoms with E-state index in [4.69, 9.17) is 9.47 Å². The van der Waals surface area contributed by atoms with Crippen LogP contribution in [-0.2, 0) is 14.3 Å². The lowest BCUT2D eigenvalue weighted by molar-refractivity contribution is -0.239. The standard InChI is InChI=1S/C10H13NO5/c1-4(12)7-5-2-10(14,11-8(7)13)9-15-3-6(5)16-9/h5-6,9,12,14H,2-3H2,1H3,(H,11,13)/b7-4-/t5-,6+,9+,10-/m0/s1. The molecule has 3 fully saturated rings. The van der Waals surface area contributed by atoms with Gasteiger partial charge in [0, 0.05) is 12.3 Å². The van der Waals surface area contributed by atoms with Crippen molar-refractivity contribution in [3.05, 3.63) is 11.3 Å². The minimum absolute atomic E-state index is 0.0292. The Kier molecular flexibility index (Phi) is 1.87. The second-order valence-corrected chi connectivity index (χ2v) is 4.53. The summed E-state index contributed by atoms with van der Waals surface area (Å²) in [6.07, 6.45) is -0.729. The average molecular weight is 227 g/mol. The maximum absolute atomic E-state index is 11.8. The number of amides is 1. The Morgan fingerprint density at radius 1 is 1.62 bits per heavy atom. The van der Waals surface area contributed by atoms with Gasteiger partial charge in [-0.1, -0.05) is 0 Å². The third kappa shape index (κ3) is 1.15. The number of aliphatic hydroxyl groups excluding tert-OH is 1. The first-order chi connectivity index (χ1) is 7.51. The molecule has 16 heavy (non-hydrogen) atoms. The van der Waals surface area contributed by atoms with E-state index in [2.05, 4.69) is 5.32 Å². The van der Waals surface area contributed by atoms with Gasteiger partial charge >= 0.3 is 0 Å². The third-order valence-electron chi connectivity index (χ3n) is 3.42. The number of ether oxygens (including phenoxy) is 2. The largest absolute Gasteiger partial charge is 0.512 e. The summed E-state index contributed by atoms with van der Waals surface area (Å²) in [5.41, 5.74) is -1.17. The summed E-state index contributed by atoms with van der Waals surface area (Å²) < 4.78 is 10.7. The van der Waals surface area contributed by atoms with Crippen molar-refractivity contribution in [2.24, 2.45) is 5.92 Å². The zero-order valence-corrected chi connectivity index (χ0v) is 8.77. The lowest BCUT2D eigenvalue weighted by Gasteiger charge is -2.45. The quantitative estimate of drug-likeness (QED) is 0.380. The molecule has 0 saturated carbocycles. The Morgan fingerprint density at radius 2 is 2.38 bits per heavy atom. The van der Waals surface area contributed by atoms with Crippen LogP contribution in [0.1, 0.15) is 13.3 Å². The Balaban J connectivity index is 2.06. The monoisotopic (exact) mass is 227 g/mol. The number of hydrogen-bond acceptors (Lipinski definition) is 5. The SMILES string of the molecule is C/C(O)=C1/C(=O)N[C@]2(O)C[C@H]1[C@H]1CO[C@@H]2O1. The molecular weight excluding hydrogens is 214 g/mol. The number of aliphatic hydroxyl groups is 2. The second-order valence-electron chi connectivity index (χ2n) is 4.53. The van der Waals surface area contributed by atoms with Crippen molar-refractivity contribution in [2.75, 3.05) is 6.61 Å². The Labute approximate surface area is 91.8 Å². The van der Waals surface area contributed by atoms with Gasteiger partial charge in [0.2, 0.25) is 6.29 Å². The summed E-state index contributed by atoms with van der Waals surface area (Å²) in [4.78, 5) is 11.8. The summed E-state index contributed by atoms with van der Waals surface area (Å²) >= 11 is 0. The fourth-order valence-corrected chi connectivity index (χ4v) is 2.71. The van der Waals surface area contributed by atoms with Crippen molar-refractivity contribution < 1.29 is 24.5 Å². The van der Waals surface area contributed by atoms with E-state index in [1.807, 2.05) is 0 Å². The number of piperidine rings is 1. The van der Waals surface area contributed by atoms with Gasteiger partial charge in [0.15, 0.2) is 5.72 Å². The molecule has 3 aliphatic rings. The Hall–Kier alpha value is -1.11. The normalized spacial score (nSPS) is 48.9. The predicted octanol–water partition coefficient (Wildman–Crippen LogP) is -0.602. The van der Waals surface area contributed by atoms with Crippen LogP contribution in [0, 0.1) is 5.92 Å². The molecule has 6 heteroatoms. The van der Waals surface area contributed by atoms with Gasteiger partial charge in [0.25, 0.3) is 5.91 Å². The zero-order valence-electron chi connectivity index (χ0n) is 8.77. The van der Waals surface area contributed by atoms with Crippen LogP contribution < -0.4 is 5.32 Å². The van der Waals surface area contributed by atoms with Gasteiger partial charge in [-0.15, -0.1) is 0 Å². The van der Waals surface area contributed by atoms with Crippen LogP contribution in [0.3, 0.4) is 0 Å². The first-order valence-electron chi connectivity index (χ1n) is 5.23. The Bertz CT molecular complexity index is 389. The molecule has 0 aliphatic carbocycles. The van der Waals surface area contributed by atoms with Gasteiger partial charge in [-0.05, 0) is 6.92 Å². The molecule has 3 rings (SSSR count). The average Bonchev–Trinajstić information content (AvgIpc) is 2.60.